The molecule has 0 amide bonds. The highest BCUT2D eigenvalue weighted by molar-refractivity contribution is 5.83. The van der Waals surface area contributed by atoms with Crippen molar-refractivity contribution in [1.29, 1.82) is 0 Å². The van der Waals surface area contributed by atoms with Gasteiger partial charge in [0.1, 0.15) is 22.9 Å². The molecule has 1 N–H and O–H groups in total. The van der Waals surface area contributed by atoms with E-state index in [1.165, 1.54) is 50.4 Å². The van der Waals surface area contributed by atoms with Crippen molar-refractivity contribution in [2.24, 2.45) is 5.92 Å². The van der Waals surface area contributed by atoms with Crippen LogP contribution in [0.4, 0.5) is 20.5 Å². The van der Waals surface area contributed by atoms with Gasteiger partial charge in [0.15, 0.2) is 11.6 Å². The molecule has 0 radical (unpaired) electrons. The van der Waals surface area contributed by atoms with Crippen molar-refractivity contribution in [3.63, 3.8) is 0 Å². The van der Waals surface area contributed by atoms with E-state index in [0.29, 0.717) is 34.6 Å². The van der Waals surface area contributed by atoms with E-state index in [4.69, 9.17) is 0 Å². The van der Waals surface area contributed by atoms with Gasteiger partial charge in [-0.2, -0.15) is 0 Å². The molecule has 2 aliphatic rings. The molecule has 3 aromatic heterocycles. The summed E-state index contributed by atoms with van der Waals surface area (Å²) in [5.74, 6) is 1.43. The molecular weight excluding hydrogens is 496 g/mol. The summed E-state index contributed by atoms with van der Waals surface area (Å²) in [4.78, 5) is 20.1. The van der Waals surface area contributed by atoms with Crippen molar-refractivity contribution in [2.45, 2.75) is 71.4 Å². The number of imidazole rings is 1. The van der Waals surface area contributed by atoms with Crippen molar-refractivity contribution < 1.29 is 8.78 Å². The number of hydrogen-bond acceptors (Lipinski definition) is 6. The number of halogens is 2. The van der Waals surface area contributed by atoms with Crippen molar-refractivity contribution >= 4 is 22.8 Å². The van der Waals surface area contributed by atoms with Gasteiger partial charge in [0.2, 0.25) is 5.95 Å². The summed E-state index contributed by atoms with van der Waals surface area (Å²) in [5, 5.41) is 3.08. The van der Waals surface area contributed by atoms with E-state index in [0.717, 1.165) is 12.2 Å². The maximum atomic E-state index is 15.0. The number of nitrogens with zero attached hydrogens (tertiary/aromatic N) is 6. The van der Waals surface area contributed by atoms with Crippen molar-refractivity contribution in [2.75, 3.05) is 18.4 Å². The third-order valence-electron chi connectivity index (χ3n) is 8.36. The molecule has 0 spiro atoms. The van der Waals surface area contributed by atoms with E-state index < -0.39 is 11.6 Å². The third kappa shape index (κ3) is 5.12. The minimum absolute atomic E-state index is 0.0187. The summed E-state index contributed by atoms with van der Waals surface area (Å²) in [5.41, 5.74) is 2.44. The smallest absolute Gasteiger partial charge is 0.229 e. The highest BCUT2D eigenvalue weighted by atomic mass is 19.1. The zero-order valence-electron chi connectivity index (χ0n) is 23.0. The number of likely N-dealkylation sites (tertiary alicyclic amines) is 1. The second-order valence-corrected chi connectivity index (χ2v) is 11.3. The molecule has 1 saturated carbocycles. The molecule has 1 aliphatic heterocycles. The summed E-state index contributed by atoms with van der Waals surface area (Å²) >= 11 is 0. The predicted molar refractivity (Wildman–Crippen MR) is 149 cm³/mol. The van der Waals surface area contributed by atoms with Gasteiger partial charge in [0.25, 0.3) is 0 Å². The number of aryl methyl sites for hydroxylation is 1. The monoisotopic (exact) mass is 531 g/mol. The lowest BCUT2D eigenvalue weighted by atomic mass is 9.82. The molecule has 7 nitrogen and oxygen atoms in total. The molecule has 1 aliphatic carbocycles. The van der Waals surface area contributed by atoms with Gasteiger partial charge in [-0.3, -0.25) is 0 Å². The number of fused-ring (bicyclic) bond motifs is 1. The van der Waals surface area contributed by atoms with Crippen LogP contribution in [0.1, 0.15) is 69.8 Å². The highest BCUT2D eigenvalue weighted by Crippen LogP contribution is 2.36. The lowest BCUT2D eigenvalue weighted by Crippen LogP contribution is -2.36. The Morgan fingerprint density at radius 2 is 1.69 bits per heavy atom. The summed E-state index contributed by atoms with van der Waals surface area (Å²) in [7, 11) is 0. The van der Waals surface area contributed by atoms with Crippen LogP contribution in [0.2, 0.25) is 0 Å². The first-order valence-electron chi connectivity index (χ1n) is 14.0. The van der Waals surface area contributed by atoms with Gasteiger partial charge in [-0.15, -0.1) is 0 Å². The lowest BCUT2D eigenvalue weighted by Gasteiger charge is -2.35. The van der Waals surface area contributed by atoms with Gasteiger partial charge >= 0.3 is 0 Å². The van der Waals surface area contributed by atoms with Crippen LogP contribution >= 0.6 is 0 Å². The van der Waals surface area contributed by atoms with Gasteiger partial charge in [0, 0.05) is 23.8 Å². The standard InChI is InChI=1S/C30H35F2N7/c1-17(2)39-19(4)35-29-24(31)13-22(14-26(29)39)28-25(32)16-34-30(37-28)36-27-8-5-21(15-33-27)18(3)20-9-11-38(12-10-20)23-6-7-23/h5,8,13-18,20,23H,6-7,9-12H2,1-4H3,(H,33,34,36,37). The van der Waals surface area contributed by atoms with E-state index in [2.05, 4.69) is 43.1 Å². The van der Waals surface area contributed by atoms with Gasteiger partial charge in [-0.25, -0.2) is 28.7 Å². The Labute approximate surface area is 227 Å². The number of nitrogens with one attached hydrogen (secondary N) is 1. The lowest BCUT2D eigenvalue weighted by molar-refractivity contribution is 0.164. The van der Waals surface area contributed by atoms with Gasteiger partial charge in [-0.1, -0.05) is 13.0 Å². The van der Waals surface area contributed by atoms with Crippen LogP contribution in [-0.4, -0.2) is 48.5 Å². The SMILES string of the molecule is Cc1nc2c(F)cc(-c3nc(Nc4ccc(C(C)C5CCN(C6CC6)CC5)cn4)ncc3F)cc2n1C(C)C. The first kappa shape index (κ1) is 25.8. The molecule has 0 bridgehead atoms. The number of anilines is 2. The fraction of sp³-hybridized carbons (Fsp3) is 0.467. The molecule has 1 aromatic carbocycles. The number of aromatic nitrogens is 5. The number of pyridine rings is 1. The number of rotatable bonds is 7. The predicted octanol–water partition coefficient (Wildman–Crippen LogP) is 6.78. The molecular formula is C30H35F2N7. The Kier molecular flexibility index (Phi) is 6.79. The molecule has 1 unspecified atom stereocenters. The van der Waals surface area contributed by atoms with E-state index >= 15 is 0 Å². The van der Waals surface area contributed by atoms with Crippen LogP contribution in [-0.2, 0) is 0 Å². The zero-order chi connectivity index (χ0) is 27.3. The van der Waals surface area contributed by atoms with E-state index in [1.807, 2.05) is 37.6 Å². The van der Waals surface area contributed by atoms with Crippen LogP contribution in [0.3, 0.4) is 0 Å². The fourth-order valence-electron chi connectivity index (χ4n) is 6.05. The topological polar surface area (TPSA) is 71.8 Å². The van der Waals surface area contributed by atoms with Crippen molar-refractivity contribution in [3.8, 4) is 11.3 Å². The first-order valence-corrected chi connectivity index (χ1v) is 14.0. The van der Waals surface area contributed by atoms with Crippen LogP contribution < -0.4 is 5.32 Å². The van der Waals surface area contributed by atoms with Crippen LogP contribution in [0, 0.1) is 24.5 Å². The summed E-state index contributed by atoms with van der Waals surface area (Å²) < 4.78 is 31.8. The second-order valence-electron chi connectivity index (χ2n) is 11.3. The minimum atomic E-state index is -0.628. The van der Waals surface area contributed by atoms with E-state index in [-0.39, 0.29) is 23.2 Å². The molecule has 4 aromatic rings. The Morgan fingerprint density at radius 3 is 2.36 bits per heavy atom. The Balaban J connectivity index is 1.20. The van der Waals surface area contributed by atoms with Gasteiger partial charge in [-0.05, 0) is 95.1 Å². The Morgan fingerprint density at radius 1 is 0.923 bits per heavy atom. The summed E-state index contributed by atoms with van der Waals surface area (Å²) in [6.07, 6.45) is 8.20. The van der Waals surface area contributed by atoms with Crippen molar-refractivity contribution in [1.82, 2.24) is 29.4 Å². The molecule has 6 rings (SSSR count). The largest absolute Gasteiger partial charge is 0.326 e. The third-order valence-corrected chi connectivity index (χ3v) is 8.36. The molecule has 39 heavy (non-hydrogen) atoms. The van der Waals surface area contributed by atoms with Crippen LogP contribution in [0.25, 0.3) is 22.3 Å². The molecule has 1 atom stereocenters. The van der Waals surface area contributed by atoms with Gasteiger partial charge < -0.3 is 14.8 Å². The number of benzene rings is 1. The Hall–Kier alpha value is -3.46. The van der Waals surface area contributed by atoms with Crippen LogP contribution in [0.15, 0.2) is 36.7 Å². The fourth-order valence-corrected chi connectivity index (χ4v) is 6.05. The molecule has 4 heterocycles. The molecule has 9 heteroatoms. The van der Waals surface area contributed by atoms with Crippen molar-refractivity contribution in [3.05, 3.63) is 59.7 Å². The average Bonchev–Trinajstić information content (AvgIpc) is 3.72. The zero-order valence-corrected chi connectivity index (χ0v) is 23.0. The second kappa shape index (κ2) is 10.3. The first-order chi connectivity index (χ1) is 18.8. The normalized spacial score (nSPS) is 17.7. The Bertz CT molecular complexity index is 1490. The number of hydrogen-bond donors (Lipinski definition) is 1. The van der Waals surface area contributed by atoms with Crippen LogP contribution in [0.5, 0.6) is 0 Å². The molecule has 2 fully saturated rings. The van der Waals surface area contributed by atoms with E-state index in [9.17, 15) is 8.78 Å². The minimum Gasteiger partial charge on any atom is -0.326 e. The summed E-state index contributed by atoms with van der Waals surface area (Å²) in [6.45, 7) is 10.5. The maximum Gasteiger partial charge on any atom is 0.229 e. The summed E-state index contributed by atoms with van der Waals surface area (Å²) in [6, 6.07) is 7.93. The molecule has 1 saturated heterocycles. The molecule has 204 valence electrons. The highest BCUT2D eigenvalue weighted by Gasteiger charge is 2.33. The van der Waals surface area contributed by atoms with E-state index in [1.54, 1.807) is 6.07 Å². The maximum absolute atomic E-state index is 15.0. The average molecular weight is 532 g/mol. The quantitative estimate of drug-likeness (QED) is 0.284. The van der Waals surface area contributed by atoms with Gasteiger partial charge in [0.05, 0.1) is 11.7 Å². The number of piperidine rings is 1.